The van der Waals surface area contributed by atoms with E-state index in [-0.39, 0.29) is 0 Å². The van der Waals surface area contributed by atoms with E-state index in [1.165, 1.54) is 0 Å². The molecule has 0 atom stereocenters. The summed E-state index contributed by atoms with van der Waals surface area (Å²) < 4.78 is 25.2. The van der Waals surface area contributed by atoms with Crippen LogP contribution in [-0.2, 0) is 9.84 Å². The molecule has 2 aromatic carbocycles. The van der Waals surface area contributed by atoms with Gasteiger partial charge in [-0.2, -0.15) is 0 Å². The summed E-state index contributed by atoms with van der Waals surface area (Å²) in [5, 5.41) is 0. The summed E-state index contributed by atoms with van der Waals surface area (Å²) in [5.41, 5.74) is 2.63. The third-order valence-corrected chi connectivity index (χ3v) is 5.08. The molecule has 2 aromatic rings. The minimum absolute atomic E-state index is 0.386. The van der Waals surface area contributed by atoms with E-state index in [2.05, 4.69) is 0 Å². The van der Waals surface area contributed by atoms with Crippen LogP contribution in [0.4, 0.5) is 0 Å². The highest BCUT2D eigenvalue weighted by Crippen LogP contribution is 2.26. The Morgan fingerprint density at radius 3 is 2.00 bits per heavy atom. The van der Waals surface area contributed by atoms with E-state index in [0.717, 1.165) is 16.7 Å². The van der Waals surface area contributed by atoms with Crippen molar-refractivity contribution in [3.05, 3.63) is 59.2 Å². The van der Waals surface area contributed by atoms with Gasteiger partial charge in [-0.3, -0.25) is 0 Å². The number of hydrogen-bond donors (Lipinski definition) is 0. The minimum atomic E-state index is -3.42. The van der Waals surface area contributed by atoms with Crippen LogP contribution in [0.2, 0.25) is 0 Å². The highest BCUT2D eigenvalue weighted by atomic mass is 32.2. The molecule has 0 saturated heterocycles. The highest BCUT2D eigenvalue weighted by molar-refractivity contribution is 7.91. The molecule has 0 spiro atoms. The number of benzene rings is 2. The van der Waals surface area contributed by atoms with E-state index in [1.54, 1.807) is 18.2 Å². The zero-order chi connectivity index (χ0) is 13.3. The Labute approximate surface area is 108 Å². The number of sulfone groups is 1. The third kappa shape index (κ3) is 2.18. The molecule has 3 heteroatoms. The monoisotopic (exact) mass is 260 g/mol. The second-order valence-corrected chi connectivity index (χ2v) is 6.42. The van der Waals surface area contributed by atoms with Gasteiger partial charge in [-0.25, -0.2) is 8.42 Å². The van der Waals surface area contributed by atoms with Gasteiger partial charge < -0.3 is 0 Å². The van der Waals surface area contributed by atoms with Crippen LogP contribution in [0.3, 0.4) is 0 Å². The molecule has 2 rings (SSSR count). The molecule has 2 nitrogen and oxygen atoms in total. The van der Waals surface area contributed by atoms with Crippen LogP contribution in [0.15, 0.2) is 52.3 Å². The Bertz CT molecular complexity index is 685. The molecule has 0 aliphatic carbocycles. The molecular formula is C15H16O2S. The average molecular weight is 260 g/mol. The van der Waals surface area contributed by atoms with Gasteiger partial charge in [-0.1, -0.05) is 35.9 Å². The van der Waals surface area contributed by atoms with Crippen molar-refractivity contribution in [1.82, 2.24) is 0 Å². The van der Waals surface area contributed by atoms with Crippen molar-refractivity contribution in [3.8, 4) is 0 Å². The molecule has 0 aliphatic heterocycles. The predicted octanol–water partition coefficient (Wildman–Crippen LogP) is 3.44. The molecule has 18 heavy (non-hydrogen) atoms. The number of aryl methyl sites for hydroxylation is 3. The van der Waals surface area contributed by atoms with Crippen molar-refractivity contribution in [2.24, 2.45) is 0 Å². The lowest BCUT2D eigenvalue weighted by Crippen LogP contribution is -2.06. The van der Waals surface area contributed by atoms with Crippen LogP contribution in [0.1, 0.15) is 16.7 Å². The Balaban J connectivity index is 2.66. The summed E-state index contributed by atoms with van der Waals surface area (Å²) in [6, 6.07) is 12.5. The smallest absolute Gasteiger partial charge is 0.207 e. The van der Waals surface area contributed by atoms with Crippen molar-refractivity contribution in [3.63, 3.8) is 0 Å². The Kier molecular flexibility index (Phi) is 3.26. The molecule has 0 heterocycles. The van der Waals surface area contributed by atoms with Crippen molar-refractivity contribution in [1.29, 1.82) is 0 Å². The largest absolute Gasteiger partial charge is 0.218 e. The lowest BCUT2D eigenvalue weighted by molar-refractivity contribution is 0.595. The molecule has 0 fully saturated rings. The predicted molar refractivity (Wildman–Crippen MR) is 72.5 cm³/mol. The molecule has 0 aromatic heterocycles. The average Bonchev–Trinajstić information content (AvgIpc) is 2.28. The maximum atomic E-state index is 12.6. The first-order valence-electron chi connectivity index (χ1n) is 5.81. The molecule has 0 radical (unpaired) electrons. The topological polar surface area (TPSA) is 34.1 Å². The second-order valence-electron chi connectivity index (χ2n) is 4.54. The van der Waals surface area contributed by atoms with Crippen LogP contribution >= 0.6 is 0 Å². The quantitative estimate of drug-likeness (QED) is 0.829. The fourth-order valence-electron chi connectivity index (χ4n) is 2.08. The third-order valence-electron chi connectivity index (χ3n) is 3.00. The highest BCUT2D eigenvalue weighted by Gasteiger charge is 2.21. The van der Waals surface area contributed by atoms with Gasteiger partial charge in [0.25, 0.3) is 0 Å². The molecule has 0 bridgehead atoms. The Hall–Kier alpha value is -1.61. The Morgan fingerprint density at radius 1 is 0.778 bits per heavy atom. The molecule has 0 saturated carbocycles. The van der Waals surface area contributed by atoms with E-state index in [0.29, 0.717) is 9.79 Å². The van der Waals surface area contributed by atoms with Crippen LogP contribution in [0, 0.1) is 20.8 Å². The van der Waals surface area contributed by atoms with E-state index in [4.69, 9.17) is 0 Å². The van der Waals surface area contributed by atoms with E-state index in [1.807, 2.05) is 45.0 Å². The van der Waals surface area contributed by atoms with Crippen LogP contribution in [0.25, 0.3) is 0 Å². The van der Waals surface area contributed by atoms with Gasteiger partial charge in [0.15, 0.2) is 0 Å². The zero-order valence-electron chi connectivity index (χ0n) is 10.8. The summed E-state index contributed by atoms with van der Waals surface area (Å²) in [4.78, 5) is 0.777. The SMILES string of the molecule is Cc1ccc(S(=O)(=O)c2ccccc2C)c(C)c1. The Morgan fingerprint density at radius 2 is 1.39 bits per heavy atom. The first-order valence-corrected chi connectivity index (χ1v) is 7.29. The van der Waals surface area contributed by atoms with E-state index >= 15 is 0 Å². The standard InChI is InChI=1S/C15H16O2S/c1-11-8-9-15(13(3)10-11)18(16,17)14-7-5-4-6-12(14)2/h4-10H,1-3H3. The number of hydrogen-bond acceptors (Lipinski definition) is 2. The van der Waals surface area contributed by atoms with Gasteiger partial charge in [0, 0.05) is 0 Å². The summed E-state index contributed by atoms with van der Waals surface area (Å²) in [6.07, 6.45) is 0. The van der Waals surface area contributed by atoms with Gasteiger partial charge in [0.1, 0.15) is 0 Å². The second kappa shape index (κ2) is 4.58. The van der Waals surface area contributed by atoms with Gasteiger partial charge in [0.2, 0.25) is 9.84 Å². The van der Waals surface area contributed by atoms with Gasteiger partial charge in [-0.15, -0.1) is 0 Å². The fraction of sp³-hybridized carbons (Fsp3) is 0.200. The van der Waals surface area contributed by atoms with E-state index < -0.39 is 9.84 Å². The molecule has 0 amide bonds. The molecule has 94 valence electrons. The van der Waals surface area contributed by atoms with E-state index in [9.17, 15) is 8.42 Å². The van der Waals surface area contributed by atoms with Gasteiger partial charge >= 0.3 is 0 Å². The molecule has 0 N–H and O–H groups in total. The number of rotatable bonds is 2. The molecule has 0 aliphatic rings. The maximum absolute atomic E-state index is 12.6. The zero-order valence-corrected chi connectivity index (χ0v) is 11.6. The summed E-state index contributed by atoms with van der Waals surface area (Å²) >= 11 is 0. The van der Waals surface area contributed by atoms with Crippen molar-refractivity contribution >= 4 is 9.84 Å². The molecule has 0 unspecified atom stereocenters. The normalized spacial score (nSPS) is 11.5. The summed E-state index contributed by atoms with van der Waals surface area (Å²) in [7, 11) is -3.42. The minimum Gasteiger partial charge on any atom is -0.218 e. The lowest BCUT2D eigenvalue weighted by Gasteiger charge is -2.10. The van der Waals surface area contributed by atoms with Crippen molar-refractivity contribution in [2.45, 2.75) is 30.6 Å². The first-order chi connectivity index (χ1) is 8.43. The van der Waals surface area contributed by atoms with Crippen molar-refractivity contribution < 1.29 is 8.42 Å². The maximum Gasteiger partial charge on any atom is 0.207 e. The summed E-state index contributed by atoms with van der Waals surface area (Å²) in [5.74, 6) is 0. The van der Waals surface area contributed by atoms with Crippen LogP contribution < -0.4 is 0 Å². The fourth-order valence-corrected chi connectivity index (χ4v) is 3.79. The van der Waals surface area contributed by atoms with Crippen LogP contribution in [0.5, 0.6) is 0 Å². The van der Waals surface area contributed by atoms with Crippen molar-refractivity contribution in [2.75, 3.05) is 0 Å². The first kappa shape index (κ1) is 12.8. The van der Waals surface area contributed by atoms with Gasteiger partial charge in [0.05, 0.1) is 9.79 Å². The molecular weight excluding hydrogens is 244 g/mol. The van der Waals surface area contributed by atoms with Gasteiger partial charge in [-0.05, 0) is 44.0 Å². The lowest BCUT2D eigenvalue weighted by atomic mass is 10.2. The summed E-state index contributed by atoms with van der Waals surface area (Å²) in [6.45, 7) is 5.60. The van der Waals surface area contributed by atoms with Crippen LogP contribution in [-0.4, -0.2) is 8.42 Å².